The van der Waals surface area contributed by atoms with Gasteiger partial charge in [0.1, 0.15) is 5.78 Å². The number of ketones is 1. The van der Waals surface area contributed by atoms with Gasteiger partial charge in [0, 0.05) is 12.8 Å². The highest BCUT2D eigenvalue weighted by atomic mass is 16.1. The number of hydrogen-bond donors (Lipinski definition) is 0. The predicted octanol–water partition coefficient (Wildman–Crippen LogP) is 5.29. The van der Waals surface area contributed by atoms with Crippen molar-refractivity contribution < 1.29 is 4.79 Å². The van der Waals surface area contributed by atoms with Gasteiger partial charge in [-0.15, -0.1) is 0 Å². The molecule has 0 N–H and O–H groups in total. The zero-order valence-corrected chi connectivity index (χ0v) is 13.2. The third-order valence-electron chi connectivity index (χ3n) is 4.71. The second-order valence-electron chi connectivity index (χ2n) is 6.53. The van der Waals surface area contributed by atoms with Crippen molar-refractivity contribution in [2.45, 2.75) is 50.9 Å². The minimum absolute atomic E-state index is 0.334. The molecule has 1 unspecified atom stereocenters. The number of rotatable bonds is 4. The smallest absolute Gasteiger partial charge is 0.137 e. The van der Waals surface area contributed by atoms with E-state index in [0.29, 0.717) is 24.5 Å². The van der Waals surface area contributed by atoms with Crippen molar-refractivity contribution in [3.63, 3.8) is 0 Å². The van der Waals surface area contributed by atoms with Gasteiger partial charge >= 0.3 is 0 Å². The molecule has 2 aliphatic rings. The Morgan fingerprint density at radius 1 is 1.09 bits per heavy atom. The Morgan fingerprint density at radius 3 is 2.73 bits per heavy atom. The van der Waals surface area contributed by atoms with Crippen LogP contribution in [-0.4, -0.2) is 5.78 Å². The number of Topliss-reactive ketones (excluding diaryl/α,β-unsaturated/α-hetero) is 1. The fourth-order valence-corrected chi connectivity index (χ4v) is 3.63. The van der Waals surface area contributed by atoms with Crippen molar-refractivity contribution in [1.82, 2.24) is 0 Å². The standard InChI is InChI=1S/C21H24O/c1-16-13-19(15-20(22)14-16)21-10-6-5-9-18(21)12-11-17-7-3-2-4-8-17/h3,5-10,19H,1-2,4,11-15H2. The molecule has 0 aliphatic heterocycles. The monoisotopic (exact) mass is 292 g/mol. The average molecular weight is 292 g/mol. The maximum absolute atomic E-state index is 11.9. The molecule has 114 valence electrons. The van der Waals surface area contributed by atoms with Gasteiger partial charge in [-0.25, -0.2) is 0 Å². The lowest BCUT2D eigenvalue weighted by Crippen LogP contribution is -2.16. The summed E-state index contributed by atoms with van der Waals surface area (Å²) in [7, 11) is 0. The molecule has 0 bridgehead atoms. The van der Waals surface area contributed by atoms with E-state index in [4.69, 9.17) is 0 Å². The van der Waals surface area contributed by atoms with Crippen LogP contribution in [0.15, 0.2) is 60.2 Å². The molecule has 3 rings (SSSR count). The first kappa shape index (κ1) is 15.0. The summed E-state index contributed by atoms with van der Waals surface area (Å²) in [5.41, 5.74) is 5.30. The number of carbonyl (C=O) groups excluding carboxylic acids is 1. The van der Waals surface area contributed by atoms with E-state index in [1.807, 2.05) is 0 Å². The average Bonchev–Trinajstić information content (AvgIpc) is 2.53. The highest BCUT2D eigenvalue weighted by Crippen LogP contribution is 2.35. The highest BCUT2D eigenvalue weighted by molar-refractivity contribution is 5.83. The zero-order valence-electron chi connectivity index (χ0n) is 13.2. The first-order chi connectivity index (χ1) is 10.7. The number of allylic oxidation sites excluding steroid dienone is 5. The highest BCUT2D eigenvalue weighted by Gasteiger charge is 2.24. The molecule has 0 heterocycles. The molecule has 0 radical (unpaired) electrons. The second kappa shape index (κ2) is 6.91. The van der Waals surface area contributed by atoms with Crippen LogP contribution in [0.4, 0.5) is 0 Å². The Labute approximate surface area is 133 Å². The quantitative estimate of drug-likeness (QED) is 0.689. The molecule has 1 saturated carbocycles. The van der Waals surface area contributed by atoms with Gasteiger partial charge in [-0.3, -0.25) is 4.79 Å². The molecule has 1 aromatic rings. The Bertz CT molecular complexity index is 617. The Morgan fingerprint density at radius 2 is 1.95 bits per heavy atom. The van der Waals surface area contributed by atoms with E-state index in [1.54, 1.807) is 0 Å². The molecule has 1 nitrogen and oxygen atoms in total. The number of aryl methyl sites for hydroxylation is 1. The molecule has 1 fully saturated rings. The fourth-order valence-electron chi connectivity index (χ4n) is 3.63. The first-order valence-electron chi connectivity index (χ1n) is 8.34. The molecule has 22 heavy (non-hydrogen) atoms. The van der Waals surface area contributed by atoms with E-state index in [1.165, 1.54) is 29.5 Å². The molecule has 1 atom stereocenters. The van der Waals surface area contributed by atoms with Gasteiger partial charge in [-0.05, 0) is 49.1 Å². The summed E-state index contributed by atoms with van der Waals surface area (Å²) >= 11 is 0. The van der Waals surface area contributed by atoms with E-state index in [2.05, 4.69) is 49.1 Å². The Balaban J connectivity index is 1.74. The van der Waals surface area contributed by atoms with Gasteiger partial charge < -0.3 is 0 Å². The Hall–Kier alpha value is -1.89. The maximum Gasteiger partial charge on any atom is 0.137 e. The van der Waals surface area contributed by atoms with Crippen molar-refractivity contribution in [2.75, 3.05) is 0 Å². The van der Waals surface area contributed by atoms with Crippen molar-refractivity contribution >= 4 is 5.78 Å². The van der Waals surface area contributed by atoms with Crippen LogP contribution in [-0.2, 0) is 11.2 Å². The zero-order chi connectivity index (χ0) is 15.4. The molecule has 1 heteroatoms. The number of hydrogen-bond acceptors (Lipinski definition) is 1. The molecular formula is C21H24O. The number of benzene rings is 1. The van der Waals surface area contributed by atoms with Crippen molar-refractivity contribution in [3.8, 4) is 0 Å². The summed E-state index contributed by atoms with van der Waals surface area (Å²) in [6.07, 6.45) is 13.6. The van der Waals surface area contributed by atoms with Crippen LogP contribution >= 0.6 is 0 Å². The van der Waals surface area contributed by atoms with Crippen LogP contribution in [0.5, 0.6) is 0 Å². The van der Waals surface area contributed by atoms with E-state index in [-0.39, 0.29) is 0 Å². The van der Waals surface area contributed by atoms with Crippen molar-refractivity contribution in [1.29, 1.82) is 0 Å². The molecule has 0 saturated heterocycles. The van der Waals surface area contributed by atoms with Crippen LogP contribution in [0.2, 0.25) is 0 Å². The molecule has 1 aromatic carbocycles. The van der Waals surface area contributed by atoms with Gasteiger partial charge in [0.2, 0.25) is 0 Å². The second-order valence-corrected chi connectivity index (χ2v) is 6.53. The summed E-state index contributed by atoms with van der Waals surface area (Å²) in [6.45, 7) is 4.05. The third kappa shape index (κ3) is 3.65. The minimum atomic E-state index is 0.334. The molecule has 2 aliphatic carbocycles. The molecule has 0 aromatic heterocycles. The largest absolute Gasteiger partial charge is 0.299 e. The van der Waals surface area contributed by atoms with Crippen molar-refractivity contribution in [2.24, 2.45) is 0 Å². The maximum atomic E-state index is 11.9. The van der Waals surface area contributed by atoms with Gasteiger partial charge in [0.15, 0.2) is 0 Å². The van der Waals surface area contributed by atoms with E-state index in [0.717, 1.165) is 24.8 Å². The van der Waals surface area contributed by atoms with E-state index >= 15 is 0 Å². The number of carbonyl (C=O) groups is 1. The van der Waals surface area contributed by atoms with Crippen LogP contribution in [0, 0.1) is 0 Å². The summed E-state index contributed by atoms with van der Waals surface area (Å²) in [4.78, 5) is 11.9. The van der Waals surface area contributed by atoms with E-state index in [9.17, 15) is 4.79 Å². The van der Waals surface area contributed by atoms with Crippen LogP contribution in [0.25, 0.3) is 0 Å². The third-order valence-corrected chi connectivity index (χ3v) is 4.71. The lowest BCUT2D eigenvalue weighted by Gasteiger charge is -2.25. The molecule has 0 spiro atoms. The van der Waals surface area contributed by atoms with Crippen molar-refractivity contribution in [3.05, 3.63) is 71.3 Å². The topological polar surface area (TPSA) is 17.1 Å². The normalized spacial score (nSPS) is 21.8. The van der Waals surface area contributed by atoms with Crippen LogP contribution < -0.4 is 0 Å². The lowest BCUT2D eigenvalue weighted by atomic mass is 9.79. The summed E-state index contributed by atoms with van der Waals surface area (Å²) in [6, 6.07) is 8.64. The summed E-state index contributed by atoms with van der Waals surface area (Å²) in [5, 5.41) is 0. The van der Waals surface area contributed by atoms with E-state index < -0.39 is 0 Å². The SMILES string of the molecule is C=C1CC(=O)CC(c2ccccc2CCC2=CCCC=C2)C1. The van der Waals surface area contributed by atoms with Gasteiger partial charge in [0.25, 0.3) is 0 Å². The molecule has 0 amide bonds. The lowest BCUT2D eigenvalue weighted by molar-refractivity contribution is -0.119. The van der Waals surface area contributed by atoms with Crippen LogP contribution in [0.3, 0.4) is 0 Å². The fraction of sp³-hybridized carbons (Fsp3) is 0.381. The Kier molecular flexibility index (Phi) is 4.72. The predicted molar refractivity (Wildman–Crippen MR) is 92.0 cm³/mol. The summed E-state index contributed by atoms with van der Waals surface area (Å²) < 4.78 is 0. The summed E-state index contributed by atoms with van der Waals surface area (Å²) in [5.74, 6) is 0.676. The minimum Gasteiger partial charge on any atom is -0.299 e. The van der Waals surface area contributed by atoms with Gasteiger partial charge in [-0.1, -0.05) is 60.2 Å². The van der Waals surface area contributed by atoms with Gasteiger partial charge in [0.05, 0.1) is 0 Å². The van der Waals surface area contributed by atoms with Crippen LogP contribution in [0.1, 0.15) is 55.6 Å². The van der Waals surface area contributed by atoms with Gasteiger partial charge in [-0.2, -0.15) is 0 Å². The first-order valence-corrected chi connectivity index (χ1v) is 8.34. The molecular weight excluding hydrogens is 268 g/mol.